The standard InChI is InChI=1S/C11H14ClNO2/c1-7-4-5-9(15-3)11(12)10(7)8(14)6-13-2/h4-5,13H,6H2,1-3H3. The van der Waals surface area contributed by atoms with Crippen LogP contribution >= 0.6 is 11.6 Å². The van der Waals surface area contributed by atoms with Gasteiger partial charge in [0.25, 0.3) is 0 Å². The van der Waals surface area contributed by atoms with Crippen LogP contribution in [0.25, 0.3) is 0 Å². The normalized spacial score (nSPS) is 10.1. The SMILES string of the molecule is CNCC(=O)c1c(C)ccc(OC)c1Cl. The summed E-state index contributed by atoms with van der Waals surface area (Å²) in [4.78, 5) is 11.8. The lowest BCUT2D eigenvalue weighted by molar-refractivity contribution is 0.0993. The van der Waals surface area contributed by atoms with Crippen molar-refractivity contribution in [3.05, 3.63) is 28.3 Å². The number of aryl methyl sites for hydroxylation is 1. The molecule has 0 unspecified atom stereocenters. The zero-order valence-corrected chi connectivity index (χ0v) is 9.81. The Kier molecular flexibility index (Phi) is 4.12. The van der Waals surface area contributed by atoms with Gasteiger partial charge in [-0.2, -0.15) is 0 Å². The summed E-state index contributed by atoms with van der Waals surface area (Å²) in [5.41, 5.74) is 1.39. The zero-order valence-electron chi connectivity index (χ0n) is 9.06. The van der Waals surface area contributed by atoms with Gasteiger partial charge in [0, 0.05) is 5.56 Å². The predicted octanol–water partition coefficient (Wildman–Crippen LogP) is 2.06. The van der Waals surface area contributed by atoms with Gasteiger partial charge in [0.2, 0.25) is 0 Å². The molecule has 0 aromatic heterocycles. The number of hydrogen-bond donors (Lipinski definition) is 1. The molecule has 1 N–H and O–H groups in total. The number of carbonyl (C=O) groups is 1. The first-order valence-corrected chi connectivity index (χ1v) is 5.00. The quantitative estimate of drug-likeness (QED) is 0.801. The highest BCUT2D eigenvalue weighted by atomic mass is 35.5. The monoisotopic (exact) mass is 227 g/mol. The maximum Gasteiger partial charge on any atom is 0.178 e. The highest BCUT2D eigenvalue weighted by molar-refractivity contribution is 6.35. The van der Waals surface area contributed by atoms with Crippen LogP contribution in [0.3, 0.4) is 0 Å². The van der Waals surface area contributed by atoms with E-state index in [-0.39, 0.29) is 12.3 Å². The van der Waals surface area contributed by atoms with Crippen molar-refractivity contribution < 1.29 is 9.53 Å². The van der Waals surface area contributed by atoms with Crippen LogP contribution in [0.5, 0.6) is 5.75 Å². The van der Waals surface area contributed by atoms with Gasteiger partial charge in [-0.15, -0.1) is 0 Å². The van der Waals surface area contributed by atoms with Gasteiger partial charge < -0.3 is 10.1 Å². The summed E-state index contributed by atoms with van der Waals surface area (Å²) in [6.07, 6.45) is 0. The van der Waals surface area contributed by atoms with E-state index < -0.39 is 0 Å². The highest BCUT2D eigenvalue weighted by Crippen LogP contribution is 2.30. The van der Waals surface area contributed by atoms with E-state index in [4.69, 9.17) is 16.3 Å². The first-order chi connectivity index (χ1) is 7.11. The Balaban J connectivity index is 3.20. The van der Waals surface area contributed by atoms with E-state index in [0.717, 1.165) is 5.56 Å². The smallest absolute Gasteiger partial charge is 0.178 e. The van der Waals surface area contributed by atoms with E-state index in [1.54, 1.807) is 13.1 Å². The van der Waals surface area contributed by atoms with E-state index in [0.29, 0.717) is 16.3 Å². The van der Waals surface area contributed by atoms with Gasteiger partial charge in [0.1, 0.15) is 5.75 Å². The first-order valence-electron chi connectivity index (χ1n) is 4.62. The van der Waals surface area contributed by atoms with Crippen molar-refractivity contribution in [3.8, 4) is 5.75 Å². The number of methoxy groups -OCH3 is 1. The number of carbonyl (C=O) groups excluding carboxylic acids is 1. The molecule has 0 fully saturated rings. The number of hydrogen-bond acceptors (Lipinski definition) is 3. The Morgan fingerprint density at radius 2 is 2.20 bits per heavy atom. The third kappa shape index (κ3) is 2.49. The van der Waals surface area contributed by atoms with Gasteiger partial charge in [0.15, 0.2) is 5.78 Å². The molecule has 1 aromatic rings. The highest BCUT2D eigenvalue weighted by Gasteiger charge is 2.16. The van der Waals surface area contributed by atoms with Crippen LogP contribution in [-0.4, -0.2) is 26.5 Å². The second-order valence-corrected chi connectivity index (χ2v) is 3.61. The summed E-state index contributed by atoms with van der Waals surface area (Å²) in [6.45, 7) is 2.13. The maximum absolute atomic E-state index is 11.8. The topological polar surface area (TPSA) is 38.3 Å². The first kappa shape index (κ1) is 12.0. The lowest BCUT2D eigenvalue weighted by atomic mass is 10.0. The second kappa shape index (κ2) is 5.14. The van der Waals surface area contributed by atoms with E-state index in [9.17, 15) is 4.79 Å². The lowest BCUT2D eigenvalue weighted by Crippen LogP contribution is -2.19. The molecule has 0 spiro atoms. The summed E-state index contributed by atoms with van der Waals surface area (Å²) >= 11 is 6.07. The number of nitrogens with one attached hydrogen (secondary N) is 1. The summed E-state index contributed by atoms with van der Waals surface area (Å²) in [5, 5.41) is 3.20. The van der Waals surface area contributed by atoms with Crippen molar-refractivity contribution in [3.63, 3.8) is 0 Å². The van der Waals surface area contributed by atoms with Gasteiger partial charge in [-0.05, 0) is 25.6 Å². The van der Waals surface area contributed by atoms with Crippen LogP contribution < -0.4 is 10.1 Å². The molecule has 0 radical (unpaired) electrons. The fourth-order valence-corrected chi connectivity index (χ4v) is 1.80. The molecule has 15 heavy (non-hydrogen) atoms. The van der Waals surface area contributed by atoms with Crippen molar-refractivity contribution in [1.82, 2.24) is 5.32 Å². The lowest BCUT2D eigenvalue weighted by Gasteiger charge is -2.10. The van der Waals surface area contributed by atoms with E-state index in [2.05, 4.69) is 5.32 Å². The van der Waals surface area contributed by atoms with Crippen molar-refractivity contribution in [1.29, 1.82) is 0 Å². The Hall–Kier alpha value is -1.06. The molecule has 3 nitrogen and oxygen atoms in total. The fraction of sp³-hybridized carbons (Fsp3) is 0.364. The molecule has 0 atom stereocenters. The largest absolute Gasteiger partial charge is 0.495 e. The van der Waals surface area contributed by atoms with E-state index >= 15 is 0 Å². The molecule has 0 heterocycles. The van der Waals surface area contributed by atoms with Gasteiger partial charge in [-0.3, -0.25) is 4.79 Å². The van der Waals surface area contributed by atoms with E-state index in [1.807, 2.05) is 13.0 Å². The minimum atomic E-state index is -0.0288. The zero-order chi connectivity index (χ0) is 11.4. The summed E-state index contributed by atoms with van der Waals surface area (Å²) in [5.74, 6) is 0.501. The molecule has 0 saturated heterocycles. The Bertz CT molecular complexity index is 377. The van der Waals surface area contributed by atoms with Gasteiger partial charge in [0.05, 0.1) is 18.7 Å². The number of halogens is 1. The molecule has 0 amide bonds. The number of ether oxygens (including phenoxy) is 1. The third-order valence-electron chi connectivity index (χ3n) is 2.15. The van der Waals surface area contributed by atoms with Crippen LogP contribution in [0.2, 0.25) is 5.02 Å². The Morgan fingerprint density at radius 3 is 2.73 bits per heavy atom. The number of benzene rings is 1. The fourth-order valence-electron chi connectivity index (χ4n) is 1.40. The van der Waals surface area contributed by atoms with Crippen LogP contribution in [-0.2, 0) is 0 Å². The molecule has 0 saturated carbocycles. The molecule has 1 rings (SSSR count). The van der Waals surface area contributed by atoms with Gasteiger partial charge >= 0.3 is 0 Å². The molecule has 4 heteroatoms. The number of ketones is 1. The molecule has 0 aliphatic rings. The summed E-state index contributed by atoms with van der Waals surface area (Å²) < 4.78 is 5.06. The van der Waals surface area contributed by atoms with Crippen molar-refractivity contribution >= 4 is 17.4 Å². The summed E-state index contributed by atoms with van der Waals surface area (Å²) in [6, 6.07) is 3.58. The number of likely N-dealkylation sites (N-methyl/N-ethyl adjacent to an activating group) is 1. The Labute approximate surface area is 94.4 Å². The third-order valence-corrected chi connectivity index (χ3v) is 2.53. The number of rotatable bonds is 4. The maximum atomic E-state index is 11.8. The molecular weight excluding hydrogens is 214 g/mol. The predicted molar refractivity (Wildman–Crippen MR) is 61.0 cm³/mol. The van der Waals surface area contributed by atoms with Crippen LogP contribution in [0.15, 0.2) is 12.1 Å². The van der Waals surface area contributed by atoms with Crippen LogP contribution in [0.4, 0.5) is 0 Å². The van der Waals surface area contributed by atoms with Crippen molar-refractivity contribution in [2.24, 2.45) is 0 Å². The van der Waals surface area contributed by atoms with Gasteiger partial charge in [-0.25, -0.2) is 0 Å². The average Bonchev–Trinajstić information content (AvgIpc) is 2.18. The second-order valence-electron chi connectivity index (χ2n) is 3.23. The molecular formula is C11H14ClNO2. The van der Waals surface area contributed by atoms with Crippen LogP contribution in [0, 0.1) is 6.92 Å². The van der Waals surface area contributed by atoms with Crippen LogP contribution in [0.1, 0.15) is 15.9 Å². The summed E-state index contributed by atoms with van der Waals surface area (Å²) in [7, 11) is 3.25. The molecule has 1 aromatic carbocycles. The number of Topliss-reactive ketones (excluding diaryl/α,β-unsaturated/α-hetero) is 1. The molecule has 0 bridgehead atoms. The average molecular weight is 228 g/mol. The van der Waals surface area contributed by atoms with Crippen molar-refractivity contribution in [2.75, 3.05) is 20.7 Å². The van der Waals surface area contributed by atoms with E-state index in [1.165, 1.54) is 7.11 Å². The minimum Gasteiger partial charge on any atom is -0.495 e. The Morgan fingerprint density at radius 1 is 1.53 bits per heavy atom. The molecule has 0 aliphatic carbocycles. The molecule has 0 aliphatic heterocycles. The molecule has 82 valence electrons. The van der Waals surface area contributed by atoms with Crippen molar-refractivity contribution in [2.45, 2.75) is 6.92 Å². The minimum absolute atomic E-state index is 0.0288. The van der Waals surface area contributed by atoms with Gasteiger partial charge in [-0.1, -0.05) is 17.7 Å².